The van der Waals surface area contributed by atoms with E-state index >= 15 is 0 Å². The Morgan fingerprint density at radius 1 is 1.24 bits per heavy atom. The van der Waals surface area contributed by atoms with E-state index < -0.39 is 0 Å². The van der Waals surface area contributed by atoms with Crippen LogP contribution in [-0.2, 0) is 6.54 Å². The summed E-state index contributed by atoms with van der Waals surface area (Å²) < 4.78 is 7.38. The highest BCUT2D eigenvalue weighted by atomic mass is 35.5. The quantitative estimate of drug-likeness (QED) is 0.725. The van der Waals surface area contributed by atoms with Crippen LogP contribution in [0.1, 0.15) is 11.1 Å². The fourth-order valence-electron chi connectivity index (χ4n) is 2.45. The molecule has 0 saturated carbocycles. The SMILES string of the molecule is COc1cc(Cn2ccc3c(Cl)cccc32)ccc1C#N. The molecule has 0 N–H and O–H groups in total. The molecule has 0 aliphatic carbocycles. The molecule has 4 heteroatoms. The van der Waals surface area contributed by atoms with Gasteiger partial charge in [0.1, 0.15) is 11.8 Å². The Morgan fingerprint density at radius 2 is 2.10 bits per heavy atom. The smallest absolute Gasteiger partial charge is 0.136 e. The van der Waals surface area contributed by atoms with Gasteiger partial charge >= 0.3 is 0 Å². The minimum absolute atomic E-state index is 0.543. The highest BCUT2D eigenvalue weighted by molar-refractivity contribution is 6.35. The van der Waals surface area contributed by atoms with Gasteiger partial charge < -0.3 is 9.30 Å². The Bertz CT molecular complexity index is 846. The van der Waals surface area contributed by atoms with Crippen LogP contribution in [0.25, 0.3) is 10.9 Å². The van der Waals surface area contributed by atoms with Crippen LogP contribution >= 0.6 is 11.6 Å². The van der Waals surface area contributed by atoms with E-state index in [0.717, 1.165) is 21.5 Å². The highest BCUT2D eigenvalue weighted by Crippen LogP contribution is 2.26. The third-order valence-electron chi connectivity index (χ3n) is 3.50. The lowest BCUT2D eigenvalue weighted by atomic mass is 10.1. The van der Waals surface area contributed by atoms with Crippen LogP contribution in [0.15, 0.2) is 48.7 Å². The first kappa shape index (κ1) is 13.5. The van der Waals surface area contributed by atoms with Crippen molar-refractivity contribution in [3.63, 3.8) is 0 Å². The molecule has 0 radical (unpaired) electrons. The largest absolute Gasteiger partial charge is 0.495 e. The van der Waals surface area contributed by atoms with Crippen molar-refractivity contribution >= 4 is 22.5 Å². The zero-order valence-corrected chi connectivity index (χ0v) is 12.3. The fourth-order valence-corrected chi connectivity index (χ4v) is 2.68. The van der Waals surface area contributed by atoms with Crippen molar-refractivity contribution in [1.82, 2.24) is 4.57 Å². The van der Waals surface area contributed by atoms with Crippen LogP contribution in [0, 0.1) is 11.3 Å². The maximum absolute atomic E-state index is 9.02. The molecule has 0 aliphatic heterocycles. The Labute approximate surface area is 127 Å². The molecule has 104 valence electrons. The van der Waals surface area contributed by atoms with E-state index in [4.69, 9.17) is 21.6 Å². The van der Waals surface area contributed by atoms with Crippen LogP contribution in [0.3, 0.4) is 0 Å². The van der Waals surface area contributed by atoms with Crippen molar-refractivity contribution in [2.45, 2.75) is 6.54 Å². The van der Waals surface area contributed by atoms with Crippen LogP contribution in [-0.4, -0.2) is 11.7 Å². The van der Waals surface area contributed by atoms with Gasteiger partial charge in [0.05, 0.1) is 12.7 Å². The Morgan fingerprint density at radius 3 is 2.86 bits per heavy atom. The third-order valence-corrected chi connectivity index (χ3v) is 3.83. The van der Waals surface area contributed by atoms with E-state index in [-0.39, 0.29) is 0 Å². The summed E-state index contributed by atoms with van der Waals surface area (Å²) in [6.45, 7) is 0.700. The van der Waals surface area contributed by atoms with E-state index in [1.807, 2.05) is 42.6 Å². The van der Waals surface area contributed by atoms with Gasteiger partial charge in [-0.15, -0.1) is 0 Å². The number of hydrogen-bond donors (Lipinski definition) is 0. The molecule has 1 heterocycles. The van der Waals surface area contributed by atoms with Gasteiger partial charge in [0.15, 0.2) is 0 Å². The van der Waals surface area contributed by atoms with Crippen LogP contribution in [0.4, 0.5) is 0 Å². The van der Waals surface area contributed by atoms with E-state index in [9.17, 15) is 0 Å². The molecule has 21 heavy (non-hydrogen) atoms. The number of ether oxygens (including phenoxy) is 1. The van der Waals surface area contributed by atoms with E-state index in [2.05, 4.69) is 10.6 Å². The maximum atomic E-state index is 9.02. The van der Waals surface area contributed by atoms with Gasteiger partial charge in [-0.25, -0.2) is 0 Å². The molecule has 0 aliphatic rings. The first-order valence-corrected chi connectivity index (χ1v) is 6.91. The monoisotopic (exact) mass is 296 g/mol. The number of aromatic nitrogens is 1. The number of halogens is 1. The lowest BCUT2D eigenvalue weighted by molar-refractivity contribution is 0.413. The zero-order valence-electron chi connectivity index (χ0n) is 11.5. The molecule has 0 fully saturated rings. The first-order chi connectivity index (χ1) is 10.2. The number of nitrogens with zero attached hydrogens (tertiary/aromatic N) is 2. The summed E-state index contributed by atoms with van der Waals surface area (Å²) in [6, 6.07) is 15.6. The topological polar surface area (TPSA) is 38.0 Å². The van der Waals surface area contributed by atoms with E-state index in [1.54, 1.807) is 13.2 Å². The maximum Gasteiger partial charge on any atom is 0.136 e. The summed E-state index contributed by atoms with van der Waals surface area (Å²) in [4.78, 5) is 0. The number of rotatable bonds is 3. The number of methoxy groups -OCH3 is 1. The van der Waals surface area contributed by atoms with Crippen LogP contribution in [0.2, 0.25) is 5.02 Å². The Kier molecular flexibility index (Phi) is 3.55. The van der Waals surface area contributed by atoms with Gasteiger partial charge in [0, 0.05) is 28.7 Å². The molecule has 0 spiro atoms. The Hall–Kier alpha value is -2.44. The molecule has 0 unspecified atom stereocenters. The second kappa shape index (κ2) is 5.51. The number of nitriles is 1. The lowest BCUT2D eigenvalue weighted by Crippen LogP contribution is -1.99. The molecule has 1 aromatic heterocycles. The number of benzene rings is 2. The number of hydrogen-bond acceptors (Lipinski definition) is 2. The summed E-state index contributed by atoms with van der Waals surface area (Å²) >= 11 is 6.19. The van der Waals surface area contributed by atoms with Crippen LogP contribution in [0.5, 0.6) is 5.75 Å². The molecular weight excluding hydrogens is 284 g/mol. The summed E-state index contributed by atoms with van der Waals surface area (Å²) in [6.07, 6.45) is 2.02. The molecule has 3 aromatic rings. The molecule has 0 bridgehead atoms. The predicted molar refractivity (Wildman–Crippen MR) is 83.8 cm³/mol. The van der Waals surface area contributed by atoms with Gasteiger partial charge in [0.2, 0.25) is 0 Å². The third kappa shape index (κ3) is 2.46. The van der Waals surface area contributed by atoms with Gasteiger partial charge in [-0.2, -0.15) is 5.26 Å². The molecule has 0 amide bonds. The van der Waals surface area contributed by atoms with Crippen LogP contribution < -0.4 is 4.74 Å². The van der Waals surface area contributed by atoms with Gasteiger partial charge in [-0.3, -0.25) is 0 Å². The predicted octanol–water partition coefficient (Wildman–Crippen LogP) is 4.22. The zero-order chi connectivity index (χ0) is 14.8. The van der Waals surface area contributed by atoms with E-state index in [0.29, 0.717) is 17.9 Å². The summed E-state index contributed by atoms with van der Waals surface area (Å²) in [7, 11) is 1.57. The minimum Gasteiger partial charge on any atom is -0.495 e. The lowest BCUT2D eigenvalue weighted by Gasteiger charge is -2.09. The van der Waals surface area contributed by atoms with Crippen molar-refractivity contribution < 1.29 is 4.74 Å². The summed E-state index contributed by atoms with van der Waals surface area (Å²) in [5.41, 5.74) is 2.70. The van der Waals surface area contributed by atoms with Crippen molar-refractivity contribution in [2.75, 3.05) is 7.11 Å². The average molecular weight is 297 g/mol. The van der Waals surface area contributed by atoms with Gasteiger partial charge in [-0.05, 0) is 35.9 Å². The highest BCUT2D eigenvalue weighted by Gasteiger charge is 2.07. The second-order valence-corrected chi connectivity index (χ2v) is 5.17. The average Bonchev–Trinajstić information content (AvgIpc) is 2.92. The first-order valence-electron chi connectivity index (χ1n) is 6.53. The van der Waals surface area contributed by atoms with Crippen molar-refractivity contribution in [3.8, 4) is 11.8 Å². The van der Waals surface area contributed by atoms with E-state index in [1.165, 1.54) is 0 Å². The second-order valence-electron chi connectivity index (χ2n) is 4.76. The normalized spacial score (nSPS) is 10.5. The van der Waals surface area contributed by atoms with Crippen molar-refractivity contribution in [1.29, 1.82) is 5.26 Å². The fraction of sp³-hybridized carbons (Fsp3) is 0.118. The molecular formula is C17H13ClN2O. The molecule has 3 nitrogen and oxygen atoms in total. The molecule has 3 rings (SSSR count). The molecule has 2 aromatic carbocycles. The molecule has 0 saturated heterocycles. The Balaban J connectivity index is 1.99. The van der Waals surface area contributed by atoms with Crippen molar-refractivity contribution in [2.24, 2.45) is 0 Å². The van der Waals surface area contributed by atoms with Gasteiger partial charge in [0.25, 0.3) is 0 Å². The minimum atomic E-state index is 0.543. The summed E-state index contributed by atoms with van der Waals surface area (Å²) in [5, 5.41) is 10.8. The van der Waals surface area contributed by atoms with Gasteiger partial charge in [-0.1, -0.05) is 23.7 Å². The summed E-state index contributed by atoms with van der Waals surface area (Å²) in [5.74, 6) is 0.601. The number of fused-ring (bicyclic) bond motifs is 1. The standard InChI is InChI=1S/C17H13ClN2O/c1-21-17-9-12(5-6-13(17)10-19)11-20-8-7-14-15(18)3-2-4-16(14)20/h2-9H,11H2,1H3. The van der Waals surface area contributed by atoms with Crippen molar-refractivity contribution in [3.05, 3.63) is 64.8 Å². The molecule has 0 atom stereocenters.